The molecule has 5 rings (SSSR count). The van der Waals surface area contributed by atoms with Gasteiger partial charge in [-0.3, -0.25) is 4.79 Å². The van der Waals surface area contributed by atoms with Gasteiger partial charge in [-0.1, -0.05) is 89.9 Å². The fourth-order valence-corrected chi connectivity index (χ4v) is 6.51. The average molecular weight is 602 g/mol. The van der Waals surface area contributed by atoms with Crippen molar-refractivity contribution in [1.29, 1.82) is 0 Å². The van der Waals surface area contributed by atoms with Gasteiger partial charge in [0.05, 0.1) is 15.6 Å². The van der Waals surface area contributed by atoms with Crippen LogP contribution in [0.4, 0.5) is 0 Å². The van der Waals surface area contributed by atoms with Gasteiger partial charge in [0.1, 0.15) is 0 Å². The van der Waals surface area contributed by atoms with Crippen LogP contribution in [0.2, 0.25) is 10.0 Å². The molecule has 214 valence electrons. The third-order valence-corrected chi connectivity index (χ3v) is 9.48. The Morgan fingerprint density at radius 2 is 1.50 bits per heavy atom. The number of hydrogen-bond acceptors (Lipinski definition) is 3. The summed E-state index contributed by atoms with van der Waals surface area (Å²) in [5.41, 5.74) is 2.68. The van der Waals surface area contributed by atoms with Crippen molar-refractivity contribution >= 4 is 41.5 Å². The second-order valence-corrected chi connectivity index (χ2v) is 12.0. The number of rotatable bonds is 8. The summed E-state index contributed by atoms with van der Waals surface area (Å²) in [7, 11) is 0. The molecular weight excluding hydrogens is 563 g/mol. The lowest BCUT2D eigenvalue weighted by Gasteiger charge is -2.39. The molecule has 1 amide bonds. The van der Waals surface area contributed by atoms with Crippen LogP contribution in [0.15, 0.2) is 78.9 Å². The third-order valence-electron chi connectivity index (χ3n) is 8.74. The molecule has 3 aromatic rings. The number of nitrogens with zero attached hydrogens (tertiary/aromatic N) is 2. The molecule has 2 heterocycles. The zero-order chi connectivity index (χ0) is 27.2. The number of benzene rings is 3. The summed E-state index contributed by atoms with van der Waals surface area (Å²) in [6.07, 6.45) is 4.76. The molecule has 2 fully saturated rings. The Morgan fingerprint density at radius 1 is 0.875 bits per heavy atom. The van der Waals surface area contributed by atoms with E-state index in [0.29, 0.717) is 35.2 Å². The summed E-state index contributed by atoms with van der Waals surface area (Å²) < 4.78 is 0. The van der Waals surface area contributed by atoms with Crippen LogP contribution in [0.3, 0.4) is 0 Å². The van der Waals surface area contributed by atoms with E-state index in [2.05, 4.69) is 35.2 Å². The zero-order valence-electron chi connectivity index (χ0n) is 22.9. The van der Waals surface area contributed by atoms with Gasteiger partial charge in [0, 0.05) is 32.6 Å². The lowest BCUT2D eigenvalue weighted by atomic mass is 9.84. The summed E-state index contributed by atoms with van der Waals surface area (Å²) in [5, 5.41) is 12.3. The molecule has 3 aromatic carbocycles. The van der Waals surface area contributed by atoms with Crippen molar-refractivity contribution in [3.63, 3.8) is 0 Å². The second kappa shape index (κ2) is 14.2. The Morgan fingerprint density at radius 3 is 2.12 bits per heavy atom. The summed E-state index contributed by atoms with van der Waals surface area (Å²) in [6.45, 7) is 4.15. The van der Waals surface area contributed by atoms with Gasteiger partial charge in [0.15, 0.2) is 0 Å². The van der Waals surface area contributed by atoms with Crippen LogP contribution in [0.25, 0.3) is 0 Å². The van der Waals surface area contributed by atoms with E-state index >= 15 is 0 Å². The van der Waals surface area contributed by atoms with Crippen molar-refractivity contribution < 1.29 is 9.90 Å². The summed E-state index contributed by atoms with van der Waals surface area (Å²) in [5.74, 6) is 0.804. The van der Waals surface area contributed by atoms with E-state index in [9.17, 15) is 9.90 Å². The summed E-state index contributed by atoms with van der Waals surface area (Å²) in [4.78, 5) is 18.0. The van der Waals surface area contributed by atoms with Gasteiger partial charge in [0.2, 0.25) is 5.91 Å². The Hall–Kier alpha value is -2.08. The van der Waals surface area contributed by atoms with Crippen molar-refractivity contribution in [2.24, 2.45) is 0 Å². The van der Waals surface area contributed by atoms with Gasteiger partial charge >= 0.3 is 0 Å². The van der Waals surface area contributed by atoms with Crippen molar-refractivity contribution in [3.8, 4) is 0 Å². The first-order valence-corrected chi connectivity index (χ1v) is 14.9. The monoisotopic (exact) mass is 600 g/mol. The van der Waals surface area contributed by atoms with E-state index in [4.69, 9.17) is 23.2 Å². The second-order valence-electron chi connectivity index (χ2n) is 11.2. The van der Waals surface area contributed by atoms with E-state index in [1.165, 1.54) is 5.56 Å². The predicted molar refractivity (Wildman–Crippen MR) is 167 cm³/mol. The van der Waals surface area contributed by atoms with E-state index < -0.39 is 5.60 Å². The molecule has 0 bridgehead atoms. The normalized spacial score (nSPS) is 18.6. The van der Waals surface area contributed by atoms with Gasteiger partial charge in [0.25, 0.3) is 0 Å². The van der Waals surface area contributed by atoms with Gasteiger partial charge in [-0.25, -0.2) is 0 Å². The number of likely N-dealkylation sites (tertiary alicyclic amines) is 2. The molecule has 2 aliphatic heterocycles. The average Bonchev–Trinajstić information content (AvgIpc) is 2.98. The molecule has 1 atom stereocenters. The minimum absolute atomic E-state index is 0. The molecule has 40 heavy (non-hydrogen) atoms. The maximum Gasteiger partial charge on any atom is 0.223 e. The molecule has 0 radical (unpaired) electrons. The fraction of sp³-hybridized carbons (Fsp3) is 0.424. The maximum atomic E-state index is 13.5. The Balaban J connectivity index is 0.00000370. The van der Waals surface area contributed by atoms with Gasteiger partial charge in [-0.2, -0.15) is 0 Å². The van der Waals surface area contributed by atoms with Gasteiger partial charge in [-0.05, 0) is 79.3 Å². The highest BCUT2D eigenvalue weighted by Gasteiger charge is 2.34. The summed E-state index contributed by atoms with van der Waals surface area (Å²) in [6, 6.07) is 26.4. The fourth-order valence-electron chi connectivity index (χ4n) is 6.20. The van der Waals surface area contributed by atoms with Crippen LogP contribution in [0, 0.1) is 0 Å². The predicted octanol–water partition coefficient (Wildman–Crippen LogP) is 7.67. The lowest BCUT2D eigenvalue weighted by Crippen LogP contribution is -2.43. The molecule has 0 aliphatic carbocycles. The number of amides is 1. The minimum atomic E-state index is -0.761. The van der Waals surface area contributed by atoms with Crippen LogP contribution < -0.4 is 0 Å². The number of piperidine rings is 2. The van der Waals surface area contributed by atoms with E-state index in [0.717, 1.165) is 63.1 Å². The van der Waals surface area contributed by atoms with Crippen molar-refractivity contribution in [2.45, 2.75) is 56.0 Å². The number of carbonyl (C=O) groups excluding carboxylic acids is 1. The maximum absolute atomic E-state index is 13.5. The van der Waals surface area contributed by atoms with Crippen LogP contribution in [0.1, 0.15) is 67.1 Å². The highest BCUT2D eigenvalue weighted by molar-refractivity contribution is 6.42. The lowest BCUT2D eigenvalue weighted by molar-refractivity contribution is -0.132. The molecule has 7 heteroatoms. The van der Waals surface area contributed by atoms with Crippen molar-refractivity contribution in [2.75, 3.05) is 32.7 Å². The molecule has 1 unspecified atom stereocenters. The smallest absolute Gasteiger partial charge is 0.223 e. The van der Waals surface area contributed by atoms with E-state index in [1.807, 2.05) is 53.4 Å². The first kappa shape index (κ1) is 30.9. The van der Waals surface area contributed by atoms with Gasteiger partial charge < -0.3 is 14.9 Å². The first-order chi connectivity index (χ1) is 18.9. The number of halogens is 3. The van der Waals surface area contributed by atoms with Gasteiger partial charge in [-0.15, -0.1) is 12.4 Å². The van der Waals surface area contributed by atoms with Crippen molar-refractivity contribution in [1.82, 2.24) is 9.80 Å². The number of hydrogen-bond donors (Lipinski definition) is 1. The number of aliphatic hydroxyl groups is 1. The molecular formula is C33H39Cl3N2O2. The van der Waals surface area contributed by atoms with Crippen LogP contribution in [-0.2, 0) is 10.4 Å². The SMILES string of the molecule is Cl.O=C(CC(CCN1CCC(O)(c2ccccc2)CC1)c1ccc(Cl)c(Cl)c1)N1CCC(c2ccccc2)CC1. The largest absolute Gasteiger partial charge is 0.385 e. The van der Waals surface area contributed by atoms with Crippen LogP contribution >= 0.6 is 35.6 Å². The van der Waals surface area contributed by atoms with Crippen LogP contribution in [-0.4, -0.2) is 53.5 Å². The quantitative estimate of drug-likeness (QED) is 0.288. The topological polar surface area (TPSA) is 43.8 Å². The Labute approximate surface area is 254 Å². The highest BCUT2D eigenvalue weighted by Crippen LogP contribution is 2.35. The number of carbonyl (C=O) groups is 1. The standard InChI is InChI=1S/C33H38Cl2N2O2.ClH/c34-30-12-11-27(23-31(30)35)28(13-18-36-21-16-33(39,17-22-36)29-9-5-2-6-10-29)24-32(38)37-19-14-26(15-20-37)25-7-3-1-4-8-25;/h1-12,23,26,28,39H,13-22,24H2;1H. The molecule has 1 N–H and O–H groups in total. The Kier molecular flexibility index (Phi) is 11.0. The molecule has 0 spiro atoms. The first-order valence-electron chi connectivity index (χ1n) is 14.2. The summed E-state index contributed by atoms with van der Waals surface area (Å²) >= 11 is 12.6. The molecule has 0 aromatic heterocycles. The molecule has 4 nitrogen and oxygen atoms in total. The zero-order valence-corrected chi connectivity index (χ0v) is 25.2. The van der Waals surface area contributed by atoms with E-state index in [-0.39, 0.29) is 24.2 Å². The molecule has 2 saturated heterocycles. The van der Waals surface area contributed by atoms with Crippen molar-refractivity contribution in [3.05, 3.63) is 106 Å². The van der Waals surface area contributed by atoms with Crippen LogP contribution in [0.5, 0.6) is 0 Å². The minimum Gasteiger partial charge on any atom is -0.385 e. The molecule has 2 aliphatic rings. The third kappa shape index (κ3) is 7.60. The highest BCUT2D eigenvalue weighted by atomic mass is 35.5. The van der Waals surface area contributed by atoms with E-state index in [1.54, 1.807) is 0 Å². The Bertz CT molecular complexity index is 1220. The molecule has 0 saturated carbocycles.